The number of carbonyl (C=O) groups is 1. The monoisotopic (exact) mass is 264 g/mol. The first-order chi connectivity index (χ1) is 9.13. The smallest absolute Gasteiger partial charge is 0.315 e. The molecule has 4 nitrogen and oxygen atoms in total. The van der Waals surface area contributed by atoms with Gasteiger partial charge in [-0.25, -0.2) is 4.79 Å². The number of amides is 2. The summed E-state index contributed by atoms with van der Waals surface area (Å²) in [6.45, 7) is 5.56. The lowest BCUT2D eigenvalue weighted by atomic mass is 10.1. The fourth-order valence-electron chi connectivity index (χ4n) is 1.80. The lowest BCUT2D eigenvalue weighted by Crippen LogP contribution is -2.35. The highest BCUT2D eigenvalue weighted by molar-refractivity contribution is 5.73. The summed E-state index contributed by atoms with van der Waals surface area (Å²) in [7, 11) is 1.63. The predicted octanol–water partition coefficient (Wildman–Crippen LogP) is 2.93. The van der Waals surface area contributed by atoms with Crippen LogP contribution in [0, 0.1) is 5.92 Å². The van der Waals surface area contributed by atoms with Crippen molar-refractivity contribution < 1.29 is 9.53 Å². The Morgan fingerprint density at radius 3 is 2.68 bits per heavy atom. The minimum atomic E-state index is -0.130. The van der Waals surface area contributed by atoms with E-state index < -0.39 is 0 Å². The first-order valence-corrected chi connectivity index (χ1v) is 6.77. The van der Waals surface area contributed by atoms with Crippen molar-refractivity contribution in [1.29, 1.82) is 0 Å². The molecule has 1 aromatic rings. The van der Waals surface area contributed by atoms with Crippen molar-refractivity contribution in [2.45, 2.75) is 33.2 Å². The van der Waals surface area contributed by atoms with Gasteiger partial charge in [-0.2, -0.15) is 0 Å². The number of hydrogen-bond acceptors (Lipinski definition) is 2. The van der Waals surface area contributed by atoms with E-state index in [4.69, 9.17) is 4.74 Å². The lowest BCUT2D eigenvalue weighted by molar-refractivity contribution is 0.240. The van der Waals surface area contributed by atoms with Gasteiger partial charge in [0.1, 0.15) is 5.75 Å². The highest BCUT2D eigenvalue weighted by atomic mass is 16.5. The summed E-state index contributed by atoms with van der Waals surface area (Å²) >= 11 is 0. The highest BCUT2D eigenvalue weighted by Gasteiger charge is 2.04. The van der Waals surface area contributed by atoms with Crippen LogP contribution in [0.25, 0.3) is 0 Å². The SMILES string of the molecule is COc1ccccc1CNC(=O)NCCCC(C)C. The molecule has 106 valence electrons. The van der Waals surface area contributed by atoms with Crippen molar-refractivity contribution in [1.82, 2.24) is 10.6 Å². The number of benzene rings is 1. The van der Waals surface area contributed by atoms with Crippen molar-refractivity contribution in [3.8, 4) is 5.75 Å². The molecule has 1 rings (SSSR count). The molecule has 1 aromatic carbocycles. The van der Waals surface area contributed by atoms with Gasteiger partial charge in [-0.05, 0) is 24.8 Å². The summed E-state index contributed by atoms with van der Waals surface area (Å²) < 4.78 is 5.23. The molecule has 0 aliphatic carbocycles. The van der Waals surface area contributed by atoms with Crippen LogP contribution >= 0.6 is 0 Å². The van der Waals surface area contributed by atoms with E-state index in [0.717, 1.165) is 30.7 Å². The quantitative estimate of drug-likeness (QED) is 0.744. The molecular formula is C15H24N2O2. The summed E-state index contributed by atoms with van der Waals surface area (Å²) in [5.41, 5.74) is 0.974. The van der Waals surface area contributed by atoms with Crippen LogP contribution in [0.2, 0.25) is 0 Å². The molecule has 19 heavy (non-hydrogen) atoms. The van der Waals surface area contributed by atoms with Gasteiger partial charge < -0.3 is 15.4 Å². The number of ether oxygens (including phenoxy) is 1. The van der Waals surface area contributed by atoms with Crippen LogP contribution in [0.1, 0.15) is 32.3 Å². The molecule has 2 amide bonds. The Labute approximate surface area is 115 Å². The van der Waals surface area contributed by atoms with E-state index in [0.29, 0.717) is 12.5 Å². The summed E-state index contributed by atoms with van der Waals surface area (Å²) in [5.74, 6) is 1.47. The second-order valence-electron chi connectivity index (χ2n) is 4.96. The molecule has 2 N–H and O–H groups in total. The number of rotatable bonds is 7. The number of para-hydroxylation sites is 1. The maximum atomic E-state index is 11.6. The Balaban J connectivity index is 2.26. The molecule has 0 unspecified atom stereocenters. The van der Waals surface area contributed by atoms with E-state index >= 15 is 0 Å². The number of hydrogen-bond donors (Lipinski definition) is 2. The van der Waals surface area contributed by atoms with Gasteiger partial charge in [0.05, 0.1) is 7.11 Å². The second kappa shape index (κ2) is 8.40. The minimum absolute atomic E-state index is 0.130. The van der Waals surface area contributed by atoms with E-state index in [9.17, 15) is 4.79 Å². The molecule has 4 heteroatoms. The van der Waals surface area contributed by atoms with E-state index in [-0.39, 0.29) is 6.03 Å². The predicted molar refractivity (Wildman–Crippen MR) is 77.3 cm³/mol. The molecule has 0 aromatic heterocycles. The standard InChI is InChI=1S/C15H24N2O2/c1-12(2)7-6-10-16-15(18)17-11-13-8-4-5-9-14(13)19-3/h4-5,8-9,12H,6-7,10-11H2,1-3H3,(H2,16,17,18). The van der Waals surface area contributed by atoms with Gasteiger partial charge in [0.2, 0.25) is 0 Å². The molecule has 0 spiro atoms. The molecule has 0 fully saturated rings. The second-order valence-corrected chi connectivity index (χ2v) is 4.96. The number of urea groups is 1. The van der Waals surface area contributed by atoms with Gasteiger partial charge in [-0.3, -0.25) is 0 Å². The maximum absolute atomic E-state index is 11.6. The Hall–Kier alpha value is -1.71. The van der Waals surface area contributed by atoms with E-state index in [1.54, 1.807) is 7.11 Å². The van der Waals surface area contributed by atoms with Gasteiger partial charge in [0.15, 0.2) is 0 Å². The van der Waals surface area contributed by atoms with Crippen molar-refractivity contribution in [3.05, 3.63) is 29.8 Å². The molecule has 0 radical (unpaired) electrons. The topological polar surface area (TPSA) is 50.4 Å². The summed E-state index contributed by atoms with van der Waals surface area (Å²) in [6.07, 6.45) is 2.15. The molecular weight excluding hydrogens is 240 g/mol. The third kappa shape index (κ3) is 6.13. The Kier molecular flexibility index (Phi) is 6.79. The highest BCUT2D eigenvalue weighted by Crippen LogP contribution is 2.16. The largest absolute Gasteiger partial charge is 0.496 e. The molecule has 0 atom stereocenters. The van der Waals surface area contributed by atoms with Crippen molar-refractivity contribution in [2.75, 3.05) is 13.7 Å². The van der Waals surface area contributed by atoms with Crippen molar-refractivity contribution in [3.63, 3.8) is 0 Å². The van der Waals surface area contributed by atoms with Crippen LogP contribution in [0.3, 0.4) is 0 Å². The zero-order valence-corrected chi connectivity index (χ0v) is 12.0. The zero-order chi connectivity index (χ0) is 14.1. The zero-order valence-electron chi connectivity index (χ0n) is 12.0. The summed E-state index contributed by atoms with van der Waals surface area (Å²) in [4.78, 5) is 11.6. The normalized spacial score (nSPS) is 10.3. The number of methoxy groups -OCH3 is 1. The fourth-order valence-corrected chi connectivity index (χ4v) is 1.80. The van der Waals surface area contributed by atoms with Crippen molar-refractivity contribution in [2.24, 2.45) is 5.92 Å². The molecule has 0 heterocycles. The van der Waals surface area contributed by atoms with Crippen LogP contribution in [0.4, 0.5) is 4.79 Å². The van der Waals surface area contributed by atoms with Crippen LogP contribution in [0.5, 0.6) is 5.75 Å². The molecule has 0 saturated heterocycles. The molecule has 0 aliphatic rings. The van der Waals surface area contributed by atoms with Gasteiger partial charge in [-0.15, -0.1) is 0 Å². The van der Waals surface area contributed by atoms with Gasteiger partial charge in [-0.1, -0.05) is 32.0 Å². The third-order valence-electron chi connectivity index (χ3n) is 2.88. The lowest BCUT2D eigenvalue weighted by Gasteiger charge is -2.11. The van der Waals surface area contributed by atoms with Crippen LogP contribution < -0.4 is 15.4 Å². The van der Waals surface area contributed by atoms with E-state index in [1.807, 2.05) is 24.3 Å². The average Bonchev–Trinajstić information content (AvgIpc) is 2.41. The van der Waals surface area contributed by atoms with Crippen LogP contribution in [-0.2, 0) is 6.54 Å². The minimum Gasteiger partial charge on any atom is -0.496 e. The van der Waals surface area contributed by atoms with Crippen molar-refractivity contribution >= 4 is 6.03 Å². The van der Waals surface area contributed by atoms with Gasteiger partial charge in [0.25, 0.3) is 0 Å². The third-order valence-corrected chi connectivity index (χ3v) is 2.88. The Morgan fingerprint density at radius 1 is 1.26 bits per heavy atom. The average molecular weight is 264 g/mol. The first kappa shape index (κ1) is 15.3. The Morgan fingerprint density at radius 2 is 2.00 bits per heavy atom. The number of carbonyl (C=O) groups excluding carboxylic acids is 1. The first-order valence-electron chi connectivity index (χ1n) is 6.77. The maximum Gasteiger partial charge on any atom is 0.315 e. The van der Waals surface area contributed by atoms with E-state index in [1.165, 1.54) is 0 Å². The fraction of sp³-hybridized carbons (Fsp3) is 0.533. The van der Waals surface area contributed by atoms with Crippen LogP contribution in [0.15, 0.2) is 24.3 Å². The van der Waals surface area contributed by atoms with Gasteiger partial charge in [0, 0.05) is 18.7 Å². The Bertz CT molecular complexity index is 391. The van der Waals surface area contributed by atoms with Crippen LogP contribution in [-0.4, -0.2) is 19.7 Å². The van der Waals surface area contributed by atoms with E-state index in [2.05, 4.69) is 24.5 Å². The molecule has 0 aliphatic heterocycles. The number of nitrogens with one attached hydrogen (secondary N) is 2. The molecule has 0 saturated carbocycles. The van der Waals surface area contributed by atoms with Gasteiger partial charge >= 0.3 is 6.03 Å². The summed E-state index contributed by atoms with van der Waals surface area (Å²) in [6, 6.07) is 7.54. The summed E-state index contributed by atoms with van der Waals surface area (Å²) in [5, 5.41) is 5.69. The molecule has 0 bridgehead atoms.